The summed E-state index contributed by atoms with van der Waals surface area (Å²) in [5, 5.41) is 25.4. The zero-order valence-electron chi connectivity index (χ0n) is 27.9. The Morgan fingerprint density at radius 3 is 1.70 bits per heavy atom. The van der Waals surface area contributed by atoms with E-state index in [1.165, 1.54) is 36.7 Å². The minimum Gasteiger partial charge on any atom is -0.469 e. The van der Waals surface area contributed by atoms with Gasteiger partial charge >= 0.3 is 0 Å². The van der Waals surface area contributed by atoms with E-state index in [1.807, 2.05) is 30.3 Å². The van der Waals surface area contributed by atoms with Gasteiger partial charge in [0.1, 0.15) is 33.9 Å². The lowest BCUT2D eigenvalue weighted by atomic mass is 10.1. The Morgan fingerprint density at radius 1 is 0.704 bits per heavy atom. The maximum atomic E-state index is 12.5. The molecule has 0 unspecified atom stereocenters. The summed E-state index contributed by atoms with van der Waals surface area (Å²) in [5.41, 5.74) is 2.50. The molecule has 0 bridgehead atoms. The molecule has 3 N–H and O–H groups in total. The zero-order valence-corrected chi connectivity index (χ0v) is 31.7. The first-order chi connectivity index (χ1) is 26.1. The van der Waals surface area contributed by atoms with Crippen LogP contribution >= 0.6 is 58.0 Å². The molecule has 0 spiro atoms. The van der Waals surface area contributed by atoms with Crippen molar-refractivity contribution in [2.24, 2.45) is 0 Å². The number of nitrogens with one attached hydrogen (secondary N) is 3. The van der Waals surface area contributed by atoms with Gasteiger partial charge in [-0.05, 0) is 42.0 Å². The Bertz CT molecular complexity index is 2140. The summed E-state index contributed by atoms with van der Waals surface area (Å²) in [4.78, 5) is 34.7. The predicted molar refractivity (Wildman–Crippen MR) is 207 cm³/mol. The van der Waals surface area contributed by atoms with Gasteiger partial charge in [0.25, 0.3) is 23.6 Å². The number of carbonyl (C=O) groups excluding carboxylic acids is 2. The van der Waals surface area contributed by atoms with Crippen LogP contribution in [0.25, 0.3) is 6.08 Å². The number of rotatable bonds is 11. The van der Waals surface area contributed by atoms with E-state index in [9.17, 15) is 9.59 Å². The van der Waals surface area contributed by atoms with E-state index < -0.39 is 0 Å². The van der Waals surface area contributed by atoms with Crippen LogP contribution in [0.2, 0.25) is 25.6 Å². The van der Waals surface area contributed by atoms with Crippen LogP contribution < -0.4 is 25.4 Å². The van der Waals surface area contributed by atoms with Crippen molar-refractivity contribution in [3.63, 3.8) is 0 Å². The van der Waals surface area contributed by atoms with E-state index >= 15 is 0 Å². The van der Waals surface area contributed by atoms with Crippen LogP contribution in [0.15, 0.2) is 79.1 Å². The second-order valence-electron chi connectivity index (χ2n) is 11.7. The molecule has 2 aliphatic rings. The number of amides is 2. The van der Waals surface area contributed by atoms with Crippen LogP contribution in [0, 0.1) is 0 Å². The summed E-state index contributed by atoms with van der Waals surface area (Å²) < 4.78 is 11.6. The number of hydrogen-bond acceptors (Lipinski definition) is 12. The number of nitrogens with zero attached hydrogens (tertiary/aromatic N) is 7. The molecule has 278 valence electrons. The number of halogens is 5. The SMILES string of the molecule is O=C(Nc1cc(Cl)nnc1OC1CN(C/C=C/c2ccc(Cl)cc2)C1)c1ccnc(Cl)c1.O=C(Nc1cc(Cl)nnc1OC1CNC1)c1ccnc(Cl)c1. The van der Waals surface area contributed by atoms with Crippen LogP contribution in [0.1, 0.15) is 26.3 Å². The van der Waals surface area contributed by atoms with Gasteiger partial charge in [0.15, 0.2) is 10.3 Å². The quantitative estimate of drug-likeness (QED) is 0.122. The third-order valence-corrected chi connectivity index (χ3v) is 8.74. The molecule has 14 nitrogen and oxygen atoms in total. The topological polar surface area (TPSA) is 169 Å². The average Bonchev–Trinajstić information content (AvgIpc) is 3.11. The van der Waals surface area contributed by atoms with Crippen LogP contribution in [-0.2, 0) is 0 Å². The fourth-order valence-electron chi connectivity index (χ4n) is 4.86. The Kier molecular flexibility index (Phi) is 13.4. The first kappa shape index (κ1) is 39.0. The van der Waals surface area contributed by atoms with Gasteiger partial charge in [0.05, 0.1) is 0 Å². The average molecular weight is 831 g/mol. The molecule has 0 saturated carbocycles. The molecule has 2 amide bonds. The molecular weight excluding hydrogens is 802 g/mol. The van der Waals surface area contributed by atoms with Gasteiger partial charge in [-0.1, -0.05) is 82.3 Å². The van der Waals surface area contributed by atoms with E-state index in [4.69, 9.17) is 67.5 Å². The largest absolute Gasteiger partial charge is 0.469 e. The van der Waals surface area contributed by atoms with E-state index in [0.717, 1.165) is 43.3 Å². The van der Waals surface area contributed by atoms with E-state index in [-0.39, 0.29) is 56.4 Å². The van der Waals surface area contributed by atoms with Gasteiger partial charge in [-0.2, -0.15) is 0 Å². The van der Waals surface area contributed by atoms with Crippen molar-refractivity contribution in [2.75, 3.05) is 43.4 Å². The molecule has 0 atom stereocenters. The molecule has 2 fully saturated rings. The van der Waals surface area contributed by atoms with Gasteiger partial charge in [-0.25, -0.2) is 9.97 Å². The summed E-state index contributed by atoms with van der Waals surface area (Å²) >= 11 is 29.3. The molecule has 5 aromatic rings. The van der Waals surface area contributed by atoms with Gasteiger partial charge in [-0.3, -0.25) is 14.5 Å². The van der Waals surface area contributed by atoms with Crippen molar-refractivity contribution in [2.45, 2.75) is 12.2 Å². The lowest BCUT2D eigenvalue weighted by molar-refractivity contribution is 0.0252. The summed E-state index contributed by atoms with van der Waals surface area (Å²) in [7, 11) is 0. The van der Waals surface area contributed by atoms with Gasteiger partial charge in [-0.15, -0.1) is 20.4 Å². The number of carbonyl (C=O) groups is 2. The lowest BCUT2D eigenvalue weighted by Gasteiger charge is -2.38. The monoisotopic (exact) mass is 828 g/mol. The molecular formula is C35H29Cl5N10O4. The van der Waals surface area contributed by atoms with Crippen molar-refractivity contribution in [1.29, 1.82) is 0 Å². The maximum Gasteiger partial charge on any atom is 0.258 e. The smallest absolute Gasteiger partial charge is 0.258 e. The first-order valence-corrected chi connectivity index (χ1v) is 18.1. The first-order valence-electron chi connectivity index (χ1n) is 16.2. The highest BCUT2D eigenvalue weighted by Crippen LogP contribution is 2.28. The molecule has 19 heteroatoms. The summed E-state index contributed by atoms with van der Waals surface area (Å²) in [6.07, 6.45) is 6.98. The predicted octanol–water partition coefficient (Wildman–Crippen LogP) is 6.64. The third-order valence-electron chi connectivity index (χ3n) is 7.70. The summed E-state index contributed by atoms with van der Waals surface area (Å²) in [6, 6.07) is 16.7. The number of ether oxygens (including phenoxy) is 2. The molecule has 1 aromatic carbocycles. The Hall–Kier alpha value is -4.67. The second-order valence-corrected chi connectivity index (χ2v) is 13.7. The van der Waals surface area contributed by atoms with Crippen molar-refractivity contribution < 1.29 is 19.1 Å². The molecule has 6 heterocycles. The minimum absolute atomic E-state index is 0.00139. The van der Waals surface area contributed by atoms with Gasteiger partial charge in [0.2, 0.25) is 0 Å². The minimum atomic E-state index is -0.384. The fraction of sp³-hybridized carbons (Fsp3) is 0.200. The Morgan fingerprint density at radius 2 is 1.22 bits per heavy atom. The molecule has 2 aliphatic heterocycles. The van der Waals surface area contributed by atoms with Gasteiger partial charge in [0, 0.05) is 73.4 Å². The summed E-state index contributed by atoms with van der Waals surface area (Å²) in [5.74, 6) is -0.315. The van der Waals surface area contributed by atoms with E-state index in [1.54, 1.807) is 12.1 Å². The number of hydrogen-bond donors (Lipinski definition) is 3. The van der Waals surface area contributed by atoms with Crippen LogP contribution in [0.4, 0.5) is 11.4 Å². The number of aromatic nitrogens is 6. The summed E-state index contributed by atoms with van der Waals surface area (Å²) in [6.45, 7) is 3.68. The third kappa shape index (κ3) is 11.2. The van der Waals surface area contributed by atoms with Crippen LogP contribution in [-0.4, -0.2) is 92.0 Å². The van der Waals surface area contributed by atoms with E-state index in [2.05, 4.69) is 57.3 Å². The zero-order chi connectivity index (χ0) is 38.0. The lowest BCUT2D eigenvalue weighted by Crippen LogP contribution is -2.53. The standard InChI is InChI=1S/C22H18Cl3N5O2.C13H11Cl2N5O2/c23-16-5-3-14(4-6-16)2-1-9-30-12-17(13-30)32-22-18(11-20(25)28-29-22)27-21(31)15-7-8-26-19(24)10-15;14-10-3-7(1-2-17-10)12(21)18-9-4-11(15)19-20-13(9)22-8-5-16-6-8/h1-8,10-11,17H,9,12-13H2,(H,27,28,31);1-4,8,16H,5-6H2,(H,18,19,21)/b2-1+;. The Balaban J connectivity index is 0.000000197. The fourth-order valence-corrected chi connectivity index (χ4v) is 5.63. The second kappa shape index (κ2) is 18.6. The number of anilines is 2. The highest BCUT2D eigenvalue weighted by atomic mass is 35.5. The molecule has 54 heavy (non-hydrogen) atoms. The highest BCUT2D eigenvalue weighted by molar-refractivity contribution is 6.31. The molecule has 2 saturated heterocycles. The number of benzene rings is 1. The van der Waals surface area contributed by atoms with Crippen molar-refractivity contribution in [3.05, 3.63) is 121 Å². The number of pyridine rings is 2. The van der Waals surface area contributed by atoms with Gasteiger partial charge < -0.3 is 25.4 Å². The van der Waals surface area contributed by atoms with Crippen molar-refractivity contribution in [1.82, 2.24) is 40.6 Å². The Labute approximate surface area is 334 Å². The highest BCUT2D eigenvalue weighted by Gasteiger charge is 2.29. The van der Waals surface area contributed by atoms with Crippen molar-refractivity contribution in [3.8, 4) is 11.8 Å². The molecule has 4 aromatic heterocycles. The maximum absolute atomic E-state index is 12.5. The molecule has 0 aliphatic carbocycles. The molecule has 7 rings (SSSR count). The van der Waals surface area contributed by atoms with Crippen molar-refractivity contribution >= 4 is 87.3 Å². The van der Waals surface area contributed by atoms with Crippen LogP contribution in [0.5, 0.6) is 11.8 Å². The normalized spacial score (nSPS) is 14.3. The number of likely N-dealkylation sites (tertiary alicyclic amines) is 1. The van der Waals surface area contributed by atoms with E-state index in [0.29, 0.717) is 22.5 Å². The van der Waals surface area contributed by atoms with Crippen LogP contribution in [0.3, 0.4) is 0 Å². The molecule has 0 radical (unpaired) electrons.